The standard InChI is InChI=1S/C11H11NO4S/c1-12-6-9-4-7-2-3-8(11(13)14)5-10(7)17(9,15)16/h2-5,12H,6H2,1H3,(H,13,14). The molecule has 90 valence electrons. The number of likely N-dealkylation sites (N-methyl/N-ethyl adjacent to an activating group) is 1. The number of fused-ring (bicyclic) bond motifs is 1. The number of sulfone groups is 1. The fourth-order valence-electron chi connectivity index (χ4n) is 1.73. The van der Waals surface area contributed by atoms with E-state index in [-0.39, 0.29) is 21.9 Å². The third-order valence-electron chi connectivity index (χ3n) is 2.56. The van der Waals surface area contributed by atoms with E-state index in [4.69, 9.17) is 5.11 Å². The van der Waals surface area contributed by atoms with Gasteiger partial charge < -0.3 is 10.4 Å². The van der Waals surface area contributed by atoms with Gasteiger partial charge in [0, 0.05) is 6.54 Å². The number of benzene rings is 1. The van der Waals surface area contributed by atoms with E-state index in [2.05, 4.69) is 5.32 Å². The summed E-state index contributed by atoms with van der Waals surface area (Å²) in [6.45, 7) is 0.236. The second-order valence-corrected chi connectivity index (χ2v) is 5.67. The first-order valence-corrected chi connectivity index (χ1v) is 6.42. The molecule has 0 bridgehead atoms. The van der Waals surface area contributed by atoms with Crippen molar-refractivity contribution in [1.82, 2.24) is 5.32 Å². The Balaban J connectivity index is 2.56. The van der Waals surface area contributed by atoms with E-state index in [0.717, 1.165) is 0 Å². The first-order valence-electron chi connectivity index (χ1n) is 4.94. The second kappa shape index (κ2) is 3.97. The first-order chi connectivity index (χ1) is 7.96. The smallest absolute Gasteiger partial charge is 0.335 e. The predicted molar refractivity (Wildman–Crippen MR) is 62.5 cm³/mol. The minimum Gasteiger partial charge on any atom is -0.478 e. The van der Waals surface area contributed by atoms with Crippen LogP contribution in [0.2, 0.25) is 0 Å². The zero-order chi connectivity index (χ0) is 12.6. The predicted octanol–water partition coefficient (Wildman–Crippen LogP) is 0.732. The van der Waals surface area contributed by atoms with Gasteiger partial charge >= 0.3 is 5.97 Å². The fraction of sp³-hybridized carbons (Fsp3) is 0.182. The number of carboxylic acids is 1. The monoisotopic (exact) mass is 253 g/mol. The van der Waals surface area contributed by atoms with E-state index >= 15 is 0 Å². The van der Waals surface area contributed by atoms with Gasteiger partial charge in [0.15, 0.2) is 0 Å². The van der Waals surface area contributed by atoms with Crippen molar-refractivity contribution in [2.24, 2.45) is 0 Å². The number of hydrogen-bond donors (Lipinski definition) is 2. The molecule has 1 heterocycles. The minimum absolute atomic E-state index is 0.0218. The molecule has 0 unspecified atom stereocenters. The normalized spacial score (nSPS) is 16.4. The molecule has 6 heteroatoms. The Kier molecular flexibility index (Phi) is 2.76. The molecule has 0 aliphatic carbocycles. The van der Waals surface area contributed by atoms with Crippen molar-refractivity contribution >= 4 is 21.9 Å². The van der Waals surface area contributed by atoms with Crippen molar-refractivity contribution in [3.63, 3.8) is 0 Å². The molecule has 2 rings (SSSR count). The Morgan fingerprint density at radius 2 is 2.12 bits per heavy atom. The number of aromatic carboxylic acids is 1. The van der Waals surface area contributed by atoms with Crippen molar-refractivity contribution in [2.75, 3.05) is 13.6 Å². The Labute approximate surface area is 98.7 Å². The second-order valence-electron chi connectivity index (χ2n) is 3.70. The van der Waals surface area contributed by atoms with Crippen molar-refractivity contribution in [1.29, 1.82) is 0 Å². The maximum atomic E-state index is 12.0. The fourth-order valence-corrected chi connectivity index (χ4v) is 3.35. The van der Waals surface area contributed by atoms with Crippen molar-refractivity contribution in [2.45, 2.75) is 4.90 Å². The maximum absolute atomic E-state index is 12.0. The molecular formula is C11H11NO4S. The van der Waals surface area contributed by atoms with Gasteiger partial charge in [0.2, 0.25) is 9.84 Å². The third kappa shape index (κ3) is 1.85. The molecule has 1 aromatic rings. The Morgan fingerprint density at radius 1 is 1.41 bits per heavy atom. The number of carbonyl (C=O) groups is 1. The van der Waals surface area contributed by atoms with Crippen LogP contribution in [0.5, 0.6) is 0 Å². The quantitative estimate of drug-likeness (QED) is 0.829. The van der Waals surface area contributed by atoms with Crippen LogP contribution in [0, 0.1) is 0 Å². The number of hydrogen-bond acceptors (Lipinski definition) is 4. The van der Waals surface area contributed by atoms with Gasteiger partial charge in [0.05, 0.1) is 15.4 Å². The molecule has 0 saturated heterocycles. The third-order valence-corrected chi connectivity index (χ3v) is 4.45. The van der Waals surface area contributed by atoms with Gasteiger partial charge in [-0.25, -0.2) is 13.2 Å². The summed E-state index contributed by atoms with van der Waals surface area (Å²) in [5, 5.41) is 11.6. The van der Waals surface area contributed by atoms with Crippen LogP contribution in [0.1, 0.15) is 15.9 Å². The lowest BCUT2D eigenvalue weighted by Gasteiger charge is -2.03. The maximum Gasteiger partial charge on any atom is 0.335 e. The van der Waals surface area contributed by atoms with E-state index in [0.29, 0.717) is 5.56 Å². The summed E-state index contributed by atoms with van der Waals surface area (Å²) >= 11 is 0. The highest BCUT2D eigenvalue weighted by molar-refractivity contribution is 7.95. The lowest BCUT2D eigenvalue weighted by atomic mass is 10.1. The van der Waals surface area contributed by atoms with Crippen molar-refractivity contribution in [3.05, 3.63) is 34.2 Å². The van der Waals surface area contributed by atoms with Crippen LogP contribution < -0.4 is 5.32 Å². The summed E-state index contributed by atoms with van der Waals surface area (Å²) in [6, 6.07) is 4.11. The molecule has 2 N–H and O–H groups in total. The summed E-state index contributed by atoms with van der Waals surface area (Å²) in [6.07, 6.45) is 1.56. The highest BCUT2D eigenvalue weighted by Gasteiger charge is 2.29. The highest BCUT2D eigenvalue weighted by Crippen LogP contribution is 2.32. The van der Waals surface area contributed by atoms with Crippen LogP contribution in [0.15, 0.2) is 28.0 Å². The van der Waals surface area contributed by atoms with Crippen LogP contribution in [0.25, 0.3) is 6.08 Å². The van der Waals surface area contributed by atoms with Crippen LogP contribution in [0.4, 0.5) is 0 Å². The van der Waals surface area contributed by atoms with E-state index in [1.165, 1.54) is 18.2 Å². The summed E-state index contributed by atoms with van der Waals surface area (Å²) in [5.41, 5.74) is 0.520. The molecule has 1 aliphatic heterocycles. The largest absolute Gasteiger partial charge is 0.478 e. The average Bonchev–Trinajstić information content (AvgIpc) is 2.51. The van der Waals surface area contributed by atoms with Crippen molar-refractivity contribution < 1.29 is 18.3 Å². The van der Waals surface area contributed by atoms with Gasteiger partial charge in [-0.15, -0.1) is 0 Å². The SMILES string of the molecule is CNCC1=Cc2ccc(C(=O)O)cc2S1(=O)=O. The van der Waals surface area contributed by atoms with Crippen molar-refractivity contribution in [3.8, 4) is 0 Å². The number of rotatable bonds is 3. The van der Waals surface area contributed by atoms with Gasteiger partial charge in [-0.05, 0) is 30.8 Å². The molecule has 0 spiro atoms. The number of carboxylic acid groups (broad SMARTS) is 1. The van der Waals surface area contributed by atoms with E-state index in [1.54, 1.807) is 13.1 Å². The molecular weight excluding hydrogens is 242 g/mol. The molecule has 5 nitrogen and oxygen atoms in total. The van der Waals surface area contributed by atoms with Crippen LogP contribution in [0.3, 0.4) is 0 Å². The topological polar surface area (TPSA) is 83.5 Å². The summed E-state index contributed by atoms with van der Waals surface area (Å²) < 4.78 is 24.1. The zero-order valence-electron chi connectivity index (χ0n) is 9.10. The molecule has 0 atom stereocenters. The van der Waals surface area contributed by atoms with Crippen LogP contribution in [-0.4, -0.2) is 33.1 Å². The first kappa shape index (κ1) is 11.8. The van der Waals surface area contributed by atoms with Gasteiger partial charge in [-0.3, -0.25) is 0 Å². The Morgan fingerprint density at radius 3 is 2.71 bits per heavy atom. The summed E-state index contributed by atoms with van der Waals surface area (Å²) in [5.74, 6) is -1.13. The Hall–Kier alpha value is -1.66. The van der Waals surface area contributed by atoms with Crippen LogP contribution in [-0.2, 0) is 9.84 Å². The van der Waals surface area contributed by atoms with E-state index < -0.39 is 15.8 Å². The molecule has 17 heavy (non-hydrogen) atoms. The van der Waals surface area contributed by atoms with Gasteiger partial charge in [-0.2, -0.15) is 0 Å². The van der Waals surface area contributed by atoms with Crippen LogP contribution >= 0.6 is 0 Å². The van der Waals surface area contributed by atoms with Gasteiger partial charge in [0.1, 0.15) is 0 Å². The minimum atomic E-state index is -3.53. The molecule has 0 aromatic heterocycles. The van der Waals surface area contributed by atoms with E-state index in [1.807, 2.05) is 0 Å². The molecule has 1 aliphatic rings. The lowest BCUT2D eigenvalue weighted by molar-refractivity contribution is 0.0696. The molecule has 0 saturated carbocycles. The molecule has 0 radical (unpaired) electrons. The summed E-state index contributed by atoms with van der Waals surface area (Å²) in [7, 11) is -1.87. The highest BCUT2D eigenvalue weighted by atomic mass is 32.2. The Bertz CT molecular complexity index is 616. The molecule has 0 amide bonds. The van der Waals surface area contributed by atoms with Gasteiger partial charge in [-0.1, -0.05) is 6.07 Å². The molecule has 0 fully saturated rings. The summed E-state index contributed by atoms with van der Waals surface area (Å²) in [4.78, 5) is 11.1. The van der Waals surface area contributed by atoms with E-state index in [9.17, 15) is 13.2 Å². The molecule has 1 aromatic carbocycles. The lowest BCUT2D eigenvalue weighted by Crippen LogP contribution is -2.15. The van der Waals surface area contributed by atoms with Gasteiger partial charge in [0.25, 0.3) is 0 Å². The zero-order valence-corrected chi connectivity index (χ0v) is 9.91. The average molecular weight is 253 g/mol. The number of nitrogens with one attached hydrogen (secondary N) is 1.